The van der Waals surface area contributed by atoms with E-state index in [2.05, 4.69) is 35.5 Å². The number of fused-ring (bicyclic) bond motifs is 2. The molecule has 0 spiro atoms. The van der Waals surface area contributed by atoms with E-state index in [1.807, 2.05) is 19.1 Å². The van der Waals surface area contributed by atoms with Gasteiger partial charge in [0.05, 0.1) is 41.0 Å². The third-order valence-electron chi connectivity index (χ3n) is 5.70. The lowest BCUT2D eigenvalue weighted by atomic mass is 10.1. The van der Waals surface area contributed by atoms with Crippen LogP contribution in [0.4, 0.5) is 10.1 Å². The number of hydrogen-bond acceptors (Lipinski definition) is 7. The molecular weight excluding hydrogens is 479 g/mol. The monoisotopic (exact) mass is 498 g/mol. The second-order valence-electron chi connectivity index (χ2n) is 8.22. The minimum absolute atomic E-state index is 0.0546. The Bertz CT molecular complexity index is 1740. The van der Waals surface area contributed by atoms with E-state index in [4.69, 9.17) is 4.98 Å². The first kappa shape index (κ1) is 22.0. The average molecular weight is 499 g/mol. The Balaban J connectivity index is 1.40. The summed E-state index contributed by atoms with van der Waals surface area (Å²) in [4.78, 5) is 33.9. The number of anilines is 1. The fourth-order valence-corrected chi connectivity index (χ4v) is 4.78. The molecule has 0 saturated carbocycles. The zero-order valence-electron chi connectivity index (χ0n) is 19.0. The molecule has 0 aliphatic heterocycles. The number of carbonyl (C=O) groups is 1. The van der Waals surface area contributed by atoms with Crippen LogP contribution in [0, 0.1) is 5.13 Å². The van der Waals surface area contributed by atoms with Crippen molar-refractivity contribution in [3.63, 3.8) is 0 Å². The van der Waals surface area contributed by atoms with Crippen LogP contribution >= 0.6 is 11.3 Å². The van der Waals surface area contributed by atoms with Crippen LogP contribution in [-0.2, 0) is 4.79 Å². The highest BCUT2D eigenvalue weighted by Crippen LogP contribution is 2.34. The highest BCUT2D eigenvalue weighted by molar-refractivity contribution is 7.14. The summed E-state index contributed by atoms with van der Waals surface area (Å²) in [5, 5.41) is 10.9. The molecule has 36 heavy (non-hydrogen) atoms. The van der Waals surface area contributed by atoms with Gasteiger partial charge >= 0.3 is 0 Å². The van der Waals surface area contributed by atoms with E-state index in [1.54, 1.807) is 37.1 Å². The molecule has 6 aromatic rings. The summed E-state index contributed by atoms with van der Waals surface area (Å²) in [6.07, 6.45) is 9.59. The van der Waals surface area contributed by atoms with Gasteiger partial charge in [0.25, 0.3) is 0 Å². The summed E-state index contributed by atoms with van der Waals surface area (Å²) in [6.45, 7) is 1.96. The number of halogens is 1. The van der Waals surface area contributed by atoms with Gasteiger partial charge in [-0.1, -0.05) is 6.92 Å². The normalized spacial score (nSPS) is 11.4. The molecule has 0 saturated heterocycles. The molecule has 0 fully saturated rings. The second-order valence-corrected chi connectivity index (χ2v) is 9.25. The molecule has 3 N–H and O–H groups in total. The van der Waals surface area contributed by atoms with Crippen molar-refractivity contribution < 1.29 is 9.18 Å². The molecule has 11 heteroatoms. The molecule has 6 heterocycles. The molecule has 0 radical (unpaired) electrons. The van der Waals surface area contributed by atoms with Crippen molar-refractivity contribution in [1.82, 2.24) is 35.1 Å². The third kappa shape index (κ3) is 3.99. The Labute approximate surface area is 207 Å². The molecule has 0 aliphatic rings. The molecule has 6 aromatic heterocycles. The van der Waals surface area contributed by atoms with E-state index in [1.165, 1.54) is 6.07 Å². The van der Waals surface area contributed by atoms with Gasteiger partial charge in [-0.05, 0) is 30.7 Å². The number of thiophene rings is 1. The van der Waals surface area contributed by atoms with Crippen molar-refractivity contribution >= 4 is 44.9 Å². The Morgan fingerprint density at radius 2 is 1.97 bits per heavy atom. The van der Waals surface area contributed by atoms with Crippen molar-refractivity contribution in [1.29, 1.82) is 0 Å². The largest absolute Gasteiger partial charge is 0.335 e. The number of aromatic amines is 2. The van der Waals surface area contributed by atoms with Crippen LogP contribution in [-0.4, -0.2) is 41.0 Å². The van der Waals surface area contributed by atoms with Crippen molar-refractivity contribution in [2.24, 2.45) is 0 Å². The number of pyridine rings is 3. The van der Waals surface area contributed by atoms with Gasteiger partial charge in [-0.15, -0.1) is 11.3 Å². The number of carbonyl (C=O) groups excluding carboxylic acids is 1. The highest BCUT2D eigenvalue weighted by atomic mass is 32.1. The molecule has 1 amide bonds. The van der Waals surface area contributed by atoms with Gasteiger partial charge in [0.1, 0.15) is 11.2 Å². The molecule has 0 unspecified atom stereocenters. The first-order valence-corrected chi connectivity index (χ1v) is 12.1. The fourth-order valence-electron chi connectivity index (χ4n) is 4.04. The van der Waals surface area contributed by atoms with Crippen LogP contribution in [0.3, 0.4) is 0 Å². The van der Waals surface area contributed by atoms with Crippen LogP contribution < -0.4 is 5.32 Å². The summed E-state index contributed by atoms with van der Waals surface area (Å²) in [6, 6.07) is 6.90. The smallest absolute Gasteiger partial charge is 0.224 e. The maximum atomic E-state index is 13.6. The lowest BCUT2D eigenvalue weighted by molar-refractivity contribution is -0.116. The number of H-pyrrole nitrogens is 2. The predicted octanol–water partition coefficient (Wildman–Crippen LogP) is 5.56. The Hall–Kier alpha value is -4.51. The van der Waals surface area contributed by atoms with Gasteiger partial charge in [-0.25, -0.2) is 4.98 Å². The van der Waals surface area contributed by atoms with Crippen LogP contribution in [0.15, 0.2) is 55.2 Å². The average Bonchev–Trinajstić information content (AvgIpc) is 3.61. The van der Waals surface area contributed by atoms with Crippen molar-refractivity contribution in [3.8, 4) is 33.2 Å². The minimum atomic E-state index is -0.264. The number of imidazole rings is 1. The highest BCUT2D eigenvalue weighted by Gasteiger charge is 2.17. The number of nitrogens with one attached hydrogen (secondary N) is 3. The first-order valence-electron chi connectivity index (χ1n) is 11.3. The molecule has 0 aliphatic carbocycles. The van der Waals surface area contributed by atoms with E-state index in [0.717, 1.165) is 50.2 Å². The lowest BCUT2D eigenvalue weighted by Gasteiger charge is -2.06. The fraction of sp³-hybridized carbons (Fsp3) is 0.120. The van der Waals surface area contributed by atoms with Crippen LogP contribution in [0.25, 0.3) is 55.2 Å². The molecule has 0 bridgehead atoms. The minimum Gasteiger partial charge on any atom is -0.335 e. The van der Waals surface area contributed by atoms with Crippen LogP contribution in [0.1, 0.15) is 19.8 Å². The van der Waals surface area contributed by atoms with E-state index in [9.17, 15) is 9.18 Å². The Morgan fingerprint density at radius 1 is 1.08 bits per heavy atom. The number of amides is 1. The summed E-state index contributed by atoms with van der Waals surface area (Å²) >= 11 is 1.05. The zero-order chi connectivity index (χ0) is 24.6. The standard InChI is InChI=1S/C25H19FN8OS/c1-2-3-22(35)30-14-6-13(8-27-9-14)17-7-15-18(12-29-17)33-34-24(15)25-31-19-11-28-10-16(23(19)32-25)20-4-5-21(26)36-20/h4-12H,2-3H2,1H3,(H,30,35)(H,31,32)(H,33,34). The number of rotatable bonds is 6. The Morgan fingerprint density at radius 3 is 2.81 bits per heavy atom. The van der Waals surface area contributed by atoms with Gasteiger partial charge in [-0.3, -0.25) is 24.8 Å². The van der Waals surface area contributed by atoms with E-state index in [0.29, 0.717) is 34.8 Å². The summed E-state index contributed by atoms with van der Waals surface area (Å²) < 4.78 is 13.6. The molecule has 178 valence electrons. The number of nitrogens with zero attached hydrogens (tertiary/aromatic N) is 5. The van der Waals surface area contributed by atoms with E-state index in [-0.39, 0.29) is 11.0 Å². The van der Waals surface area contributed by atoms with E-state index >= 15 is 0 Å². The number of hydrogen-bond donors (Lipinski definition) is 3. The van der Waals surface area contributed by atoms with Crippen molar-refractivity contribution in [3.05, 3.63) is 60.4 Å². The van der Waals surface area contributed by atoms with Gasteiger partial charge in [-0.2, -0.15) is 9.49 Å². The van der Waals surface area contributed by atoms with Crippen molar-refractivity contribution in [2.75, 3.05) is 5.32 Å². The van der Waals surface area contributed by atoms with Gasteiger partial charge in [0.2, 0.25) is 5.91 Å². The van der Waals surface area contributed by atoms with E-state index < -0.39 is 0 Å². The number of aromatic nitrogens is 7. The summed E-state index contributed by atoms with van der Waals surface area (Å²) in [5.74, 6) is 0.499. The zero-order valence-corrected chi connectivity index (χ0v) is 19.9. The predicted molar refractivity (Wildman–Crippen MR) is 137 cm³/mol. The third-order valence-corrected chi connectivity index (χ3v) is 6.61. The van der Waals surface area contributed by atoms with Gasteiger partial charge in [0, 0.05) is 40.2 Å². The summed E-state index contributed by atoms with van der Waals surface area (Å²) in [5.41, 5.74) is 5.57. The lowest BCUT2D eigenvalue weighted by Crippen LogP contribution is -2.10. The Kier molecular flexibility index (Phi) is 5.45. The first-order chi connectivity index (χ1) is 17.6. The molecule has 9 nitrogen and oxygen atoms in total. The van der Waals surface area contributed by atoms with Crippen LogP contribution in [0.2, 0.25) is 0 Å². The van der Waals surface area contributed by atoms with Crippen molar-refractivity contribution in [2.45, 2.75) is 19.8 Å². The maximum Gasteiger partial charge on any atom is 0.224 e. The van der Waals surface area contributed by atoms with Gasteiger partial charge in [0.15, 0.2) is 11.0 Å². The molecule has 0 atom stereocenters. The van der Waals surface area contributed by atoms with Crippen LogP contribution in [0.5, 0.6) is 0 Å². The summed E-state index contributed by atoms with van der Waals surface area (Å²) in [7, 11) is 0. The SMILES string of the molecule is CCCC(=O)Nc1cncc(-c2cc3c(-c4nc5c(-c6ccc(F)s6)cncc5[nH]4)n[nH]c3cn2)c1. The second kappa shape index (κ2) is 8.93. The maximum absolute atomic E-state index is 13.6. The molecule has 0 aromatic carbocycles. The van der Waals surface area contributed by atoms with Gasteiger partial charge < -0.3 is 10.3 Å². The molecular formula is C25H19FN8OS. The molecule has 6 rings (SSSR count). The quantitative estimate of drug-likeness (QED) is 0.276. The topological polar surface area (TPSA) is 125 Å².